The molecule has 0 spiro atoms. The number of aliphatic hydroxyl groups is 16. The van der Waals surface area contributed by atoms with Gasteiger partial charge in [-0.1, -0.05) is 13.8 Å². The van der Waals surface area contributed by atoms with Crippen LogP contribution >= 0.6 is 0 Å². The molecule has 404 valence electrons. The van der Waals surface area contributed by atoms with Gasteiger partial charge in [0, 0.05) is 38.5 Å². The molecule has 16 N–H and O–H groups in total. The molecule has 69 heavy (non-hydrogen) atoms. The van der Waals surface area contributed by atoms with Gasteiger partial charge in [0.2, 0.25) is 11.8 Å². The van der Waals surface area contributed by atoms with Gasteiger partial charge in [-0.25, -0.2) is 0 Å². The highest BCUT2D eigenvalue weighted by atomic mass is 16.7. The number of hydrogen-bond acceptors (Lipinski definition) is 26. The van der Waals surface area contributed by atoms with Crippen LogP contribution in [0.5, 0.6) is 0 Å². The number of aliphatic hydroxyl groups excluding tert-OH is 16. The first-order valence-corrected chi connectivity index (χ1v) is 23.0. The van der Waals surface area contributed by atoms with Gasteiger partial charge in [-0.15, -0.1) is 0 Å². The van der Waals surface area contributed by atoms with Gasteiger partial charge in [0.25, 0.3) is 0 Å². The van der Waals surface area contributed by atoms with Crippen LogP contribution in [0, 0.1) is 11.8 Å². The van der Waals surface area contributed by atoms with E-state index in [0.717, 1.165) is 0 Å². The number of hydrogen-bond donors (Lipinski definition) is 16. The minimum absolute atomic E-state index is 0.0783. The van der Waals surface area contributed by atoms with E-state index < -0.39 is 167 Å². The molecule has 2 amide bonds. The second-order valence-electron chi connectivity index (χ2n) is 17.8. The van der Waals surface area contributed by atoms with Crippen LogP contribution in [0.25, 0.3) is 0 Å². The van der Waals surface area contributed by atoms with E-state index in [1.807, 2.05) is 13.8 Å². The van der Waals surface area contributed by atoms with Crippen LogP contribution in [-0.2, 0) is 47.5 Å². The Bertz CT molecular complexity index is 1420. The van der Waals surface area contributed by atoms with Gasteiger partial charge in [-0.3, -0.25) is 9.59 Å². The maximum atomic E-state index is 14.5. The maximum Gasteiger partial charge on any atom is 0.225 e. The quantitative estimate of drug-likeness (QED) is 0.0383. The van der Waals surface area contributed by atoms with Crippen LogP contribution in [0.2, 0.25) is 0 Å². The Balaban J connectivity index is 1.49. The highest BCUT2D eigenvalue weighted by Gasteiger charge is 2.47. The Morgan fingerprint density at radius 3 is 0.971 bits per heavy atom. The lowest BCUT2D eigenvalue weighted by Gasteiger charge is -2.40. The molecule has 4 rings (SSSR count). The molecule has 0 saturated carbocycles. The van der Waals surface area contributed by atoms with E-state index >= 15 is 0 Å². The Kier molecular flexibility index (Phi) is 24.5. The van der Waals surface area contributed by atoms with E-state index in [0.29, 0.717) is 0 Å². The molecule has 4 unspecified atom stereocenters. The highest BCUT2D eigenvalue weighted by molar-refractivity contribution is 5.81. The van der Waals surface area contributed by atoms with E-state index in [1.165, 1.54) is 9.80 Å². The molecule has 4 aliphatic rings. The zero-order chi connectivity index (χ0) is 51.3. The Morgan fingerprint density at radius 2 is 0.710 bits per heavy atom. The van der Waals surface area contributed by atoms with Gasteiger partial charge in [-0.2, -0.15) is 0 Å². The van der Waals surface area contributed by atoms with Gasteiger partial charge in [-0.05, 0) is 18.8 Å². The minimum Gasteiger partial charge on any atom is -0.394 e. The smallest absolute Gasteiger partial charge is 0.225 e. The summed E-state index contributed by atoms with van der Waals surface area (Å²) in [5.41, 5.74) is 0. The lowest BCUT2D eigenvalue weighted by atomic mass is 9.91. The van der Waals surface area contributed by atoms with Crippen LogP contribution < -0.4 is 0 Å². The molecule has 0 aromatic carbocycles. The predicted octanol–water partition coefficient (Wildman–Crippen LogP) is -9.65. The summed E-state index contributed by atoms with van der Waals surface area (Å²) in [6.45, 7) is -1.68. The summed E-state index contributed by atoms with van der Waals surface area (Å²) in [4.78, 5) is 31.0. The summed E-state index contributed by atoms with van der Waals surface area (Å²) in [6, 6.07) is 0. The van der Waals surface area contributed by atoms with Gasteiger partial charge in [0.05, 0.1) is 52.9 Å². The number of ether oxygens (including phenoxy) is 8. The molecule has 0 radical (unpaired) electrons. The lowest BCUT2D eigenvalue weighted by Crippen LogP contribution is -2.59. The third-order valence-electron chi connectivity index (χ3n) is 12.4. The van der Waals surface area contributed by atoms with E-state index in [9.17, 15) is 91.3 Å². The van der Waals surface area contributed by atoms with Crippen LogP contribution in [0.4, 0.5) is 0 Å². The minimum atomic E-state index is -1.76. The van der Waals surface area contributed by atoms with Crippen LogP contribution in [0.15, 0.2) is 0 Å². The monoisotopic (exact) mass is 1010 g/mol. The first-order valence-electron chi connectivity index (χ1n) is 23.0. The van der Waals surface area contributed by atoms with Gasteiger partial charge >= 0.3 is 0 Å². The summed E-state index contributed by atoms with van der Waals surface area (Å²) in [5, 5.41) is 162. The predicted molar refractivity (Wildman–Crippen MR) is 224 cm³/mol. The van der Waals surface area contributed by atoms with Crippen molar-refractivity contribution in [3.8, 4) is 0 Å². The van der Waals surface area contributed by atoms with Crippen molar-refractivity contribution in [3.63, 3.8) is 0 Å². The summed E-state index contributed by atoms with van der Waals surface area (Å²) in [6.07, 6.45) is -32.2. The molecular formula is C41H74N2O26. The Morgan fingerprint density at radius 1 is 0.435 bits per heavy atom. The van der Waals surface area contributed by atoms with Crippen molar-refractivity contribution >= 4 is 11.8 Å². The molecule has 4 aliphatic heterocycles. The molecular weight excluding hydrogens is 936 g/mol. The SMILES string of the molecule is CC(C)C[C@@H](CCC(=O)N(CCOC1O[C@H](CO)[C@@H](O)[C@H](O)[C@@H]1O)CCOC1O[C@H](CO)[C@@H](O)[C@H](O)[C@@H]1O)C(=O)N(CCOC1O[C@H](CO)[C@@H](O)[C@H](O)[C@@H]1O)CCOC1O[C@H](CO)[C@@H](O)[C@H](O)[C@@H]1O. The molecule has 28 heteroatoms. The first kappa shape index (κ1) is 59.5. The summed E-state index contributed by atoms with van der Waals surface area (Å²) >= 11 is 0. The number of amides is 2. The van der Waals surface area contributed by atoms with Crippen molar-refractivity contribution in [2.24, 2.45) is 11.8 Å². The average molecular weight is 1010 g/mol. The highest BCUT2D eigenvalue weighted by Crippen LogP contribution is 2.27. The van der Waals surface area contributed by atoms with Crippen molar-refractivity contribution in [2.45, 2.75) is 156 Å². The maximum absolute atomic E-state index is 14.5. The number of carbonyl (C=O) groups excluding carboxylic acids is 2. The lowest BCUT2D eigenvalue weighted by molar-refractivity contribution is -0.303. The zero-order valence-electron chi connectivity index (χ0n) is 38.4. The topological polar surface area (TPSA) is 438 Å². The molecule has 0 aromatic rings. The van der Waals surface area contributed by atoms with Crippen molar-refractivity contribution in [3.05, 3.63) is 0 Å². The standard InChI is InChI=1S/C41H74N2O26/c1-18(2)13-19(37(61)43(7-11-64-40-35(59)31(55)27(51)22(16-46)68-40)8-12-65-41-36(60)32(56)28(52)23(17-47)69-41)3-4-24(48)42(5-9-62-38-33(57)29(53)25(49)20(14-44)66-38)6-10-63-39-34(58)30(54)26(50)21(15-45)67-39/h18-23,25-36,38-41,44-47,49-60H,3-17H2,1-2H3/t19-,20-,21-,22-,23-,25-,26-,27-,28-,29+,30+,31+,32+,33+,34+,35+,36+,38?,39?,40?,41?/m1/s1. The molecule has 28 nitrogen and oxygen atoms in total. The fourth-order valence-corrected chi connectivity index (χ4v) is 8.26. The molecule has 0 bridgehead atoms. The molecule has 0 aliphatic carbocycles. The first-order chi connectivity index (χ1) is 32.7. The third-order valence-corrected chi connectivity index (χ3v) is 12.4. The average Bonchev–Trinajstić information content (AvgIpc) is 3.33. The van der Waals surface area contributed by atoms with E-state index in [1.54, 1.807) is 0 Å². The normalized spacial score (nSPS) is 39.1. The van der Waals surface area contributed by atoms with Crippen molar-refractivity contribution in [2.75, 3.05) is 79.0 Å². The van der Waals surface area contributed by atoms with Crippen molar-refractivity contribution in [1.29, 1.82) is 0 Å². The Labute approximate surface area is 397 Å². The van der Waals surface area contributed by atoms with Crippen LogP contribution in [0.3, 0.4) is 0 Å². The van der Waals surface area contributed by atoms with E-state index in [-0.39, 0.29) is 77.8 Å². The Hall–Kier alpha value is -2.02. The van der Waals surface area contributed by atoms with Crippen LogP contribution in [0.1, 0.15) is 33.1 Å². The molecule has 21 atom stereocenters. The van der Waals surface area contributed by atoms with Crippen molar-refractivity contribution < 1.29 is 129 Å². The fourth-order valence-electron chi connectivity index (χ4n) is 8.26. The molecule has 4 saturated heterocycles. The van der Waals surface area contributed by atoms with E-state index in [4.69, 9.17) is 37.9 Å². The largest absolute Gasteiger partial charge is 0.394 e. The summed E-state index contributed by atoms with van der Waals surface area (Å²) in [5.74, 6) is -2.11. The number of rotatable bonds is 26. The van der Waals surface area contributed by atoms with E-state index in [2.05, 4.69) is 0 Å². The van der Waals surface area contributed by atoms with Crippen LogP contribution in [-0.4, -0.2) is 305 Å². The van der Waals surface area contributed by atoms with Crippen molar-refractivity contribution in [1.82, 2.24) is 9.80 Å². The second kappa shape index (κ2) is 28.4. The molecule has 0 aromatic heterocycles. The summed E-state index contributed by atoms with van der Waals surface area (Å²) in [7, 11) is 0. The number of nitrogens with zero attached hydrogens (tertiary/aromatic N) is 2. The second-order valence-corrected chi connectivity index (χ2v) is 17.8. The third kappa shape index (κ3) is 15.7. The van der Waals surface area contributed by atoms with Gasteiger partial charge in [0.15, 0.2) is 25.2 Å². The van der Waals surface area contributed by atoms with Gasteiger partial charge in [0.1, 0.15) is 97.7 Å². The summed E-state index contributed by atoms with van der Waals surface area (Å²) < 4.78 is 44.1. The fraction of sp³-hybridized carbons (Fsp3) is 0.951. The van der Waals surface area contributed by atoms with Gasteiger partial charge < -0.3 is 129 Å². The molecule has 4 fully saturated rings. The molecule has 4 heterocycles. The number of carbonyl (C=O) groups is 2. The zero-order valence-corrected chi connectivity index (χ0v) is 38.4.